The van der Waals surface area contributed by atoms with Crippen LogP contribution in [0.5, 0.6) is 5.75 Å². The molecule has 1 aromatic carbocycles. The first kappa shape index (κ1) is 22.3. The number of nitrogens with zero attached hydrogens (tertiary/aromatic N) is 7. The maximum Gasteiger partial charge on any atom is 0.219 e. The first-order valence-corrected chi connectivity index (χ1v) is 11.8. The van der Waals surface area contributed by atoms with Gasteiger partial charge in [0.05, 0.1) is 31.2 Å². The van der Waals surface area contributed by atoms with Crippen LogP contribution in [0.1, 0.15) is 23.9 Å². The first-order valence-electron chi connectivity index (χ1n) is 11.8. The summed E-state index contributed by atoms with van der Waals surface area (Å²) < 4.78 is 7.32. The summed E-state index contributed by atoms with van der Waals surface area (Å²) in [6, 6.07) is 8.21. The minimum atomic E-state index is 0.0747. The molecule has 2 aliphatic rings. The molecular weight excluding hydrogens is 430 g/mol. The molecule has 0 radical (unpaired) electrons. The van der Waals surface area contributed by atoms with Gasteiger partial charge in [-0.1, -0.05) is 18.2 Å². The molecule has 3 aromatic rings. The number of carbonyl (C=O) groups is 1. The molecule has 1 fully saturated rings. The molecule has 178 valence electrons. The number of piperazine rings is 1. The number of para-hydroxylation sites is 1. The minimum Gasteiger partial charge on any atom is -0.496 e. The number of fused-ring (bicyclic) bond motifs is 1. The van der Waals surface area contributed by atoms with Gasteiger partial charge in [-0.05, 0) is 6.07 Å². The van der Waals surface area contributed by atoms with E-state index in [0.29, 0.717) is 13.1 Å². The van der Waals surface area contributed by atoms with Crippen LogP contribution >= 0.6 is 0 Å². The lowest BCUT2D eigenvalue weighted by atomic mass is 10.1. The summed E-state index contributed by atoms with van der Waals surface area (Å²) in [5, 5.41) is 4.36. The van der Waals surface area contributed by atoms with E-state index in [9.17, 15) is 4.79 Å². The second-order valence-electron chi connectivity index (χ2n) is 8.96. The number of aryl methyl sites for hydroxylation is 1. The van der Waals surface area contributed by atoms with E-state index in [1.54, 1.807) is 18.7 Å². The van der Waals surface area contributed by atoms with Gasteiger partial charge in [-0.25, -0.2) is 9.97 Å². The molecule has 2 aromatic heterocycles. The molecule has 4 heterocycles. The zero-order valence-electron chi connectivity index (χ0n) is 20.1. The van der Waals surface area contributed by atoms with Crippen molar-refractivity contribution >= 4 is 11.7 Å². The van der Waals surface area contributed by atoms with Gasteiger partial charge >= 0.3 is 0 Å². The normalized spacial score (nSPS) is 16.4. The Morgan fingerprint density at radius 2 is 1.85 bits per heavy atom. The maximum atomic E-state index is 11.9. The summed E-state index contributed by atoms with van der Waals surface area (Å²) in [5.74, 6) is 1.93. The van der Waals surface area contributed by atoms with Crippen LogP contribution < -0.4 is 9.64 Å². The lowest BCUT2D eigenvalue weighted by molar-refractivity contribution is -0.129. The number of carbonyl (C=O) groups excluding carboxylic acids is 1. The third-order valence-corrected chi connectivity index (χ3v) is 6.67. The van der Waals surface area contributed by atoms with Crippen molar-refractivity contribution in [3.8, 4) is 17.0 Å². The molecule has 1 saturated heterocycles. The van der Waals surface area contributed by atoms with Crippen molar-refractivity contribution in [2.45, 2.75) is 26.4 Å². The summed E-state index contributed by atoms with van der Waals surface area (Å²) in [6.45, 7) is 7.28. The first-order chi connectivity index (χ1) is 16.5. The molecule has 5 rings (SSSR count). The van der Waals surface area contributed by atoms with E-state index in [-0.39, 0.29) is 5.91 Å². The largest absolute Gasteiger partial charge is 0.496 e. The molecule has 0 N–H and O–H groups in total. The minimum absolute atomic E-state index is 0.0747. The zero-order chi connectivity index (χ0) is 23.7. The summed E-state index contributed by atoms with van der Waals surface area (Å²) in [7, 11) is 3.63. The number of benzene rings is 1. The van der Waals surface area contributed by atoms with E-state index in [4.69, 9.17) is 14.7 Å². The summed E-state index contributed by atoms with van der Waals surface area (Å²) in [6.07, 6.45) is 4.54. The molecule has 0 atom stereocenters. The van der Waals surface area contributed by atoms with E-state index < -0.39 is 0 Å². The average Bonchev–Trinajstić information content (AvgIpc) is 3.29. The predicted octanol–water partition coefficient (Wildman–Crippen LogP) is 2.11. The monoisotopic (exact) mass is 461 g/mol. The number of methoxy groups -OCH3 is 1. The Bertz CT molecular complexity index is 1180. The molecule has 9 nitrogen and oxygen atoms in total. The quantitative estimate of drug-likeness (QED) is 0.576. The van der Waals surface area contributed by atoms with Crippen LogP contribution in [0.4, 0.5) is 5.82 Å². The smallest absolute Gasteiger partial charge is 0.219 e. The number of aromatic nitrogens is 4. The van der Waals surface area contributed by atoms with Crippen LogP contribution in [0.3, 0.4) is 0 Å². The van der Waals surface area contributed by atoms with Crippen LogP contribution in [-0.4, -0.2) is 75.3 Å². The molecule has 0 unspecified atom stereocenters. The second kappa shape index (κ2) is 9.42. The van der Waals surface area contributed by atoms with Crippen molar-refractivity contribution in [1.82, 2.24) is 29.5 Å². The van der Waals surface area contributed by atoms with Crippen LogP contribution in [0.25, 0.3) is 11.3 Å². The van der Waals surface area contributed by atoms with E-state index in [2.05, 4.69) is 27.0 Å². The van der Waals surface area contributed by atoms with Gasteiger partial charge in [-0.15, -0.1) is 0 Å². The van der Waals surface area contributed by atoms with Gasteiger partial charge in [-0.2, -0.15) is 5.10 Å². The highest BCUT2D eigenvalue weighted by Crippen LogP contribution is 2.31. The molecule has 9 heteroatoms. The molecule has 2 aliphatic heterocycles. The molecule has 0 saturated carbocycles. The van der Waals surface area contributed by atoms with Gasteiger partial charge in [0.1, 0.15) is 11.4 Å². The summed E-state index contributed by atoms with van der Waals surface area (Å²) >= 11 is 0. The van der Waals surface area contributed by atoms with Gasteiger partial charge in [-0.3, -0.25) is 14.4 Å². The van der Waals surface area contributed by atoms with Crippen LogP contribution in [-0.2, 0) is 31.4 Å². The van der Waals surface area contributed by atoms with Gasteiger partial charge in [0.15, 0.2) is 5.82 Å². The van der Waals surface area contributed by atoms with Crippen molar-refractivity contribution < 1.29 is 9.53 Å². The maximum absolute atomic E-state index is 11.9. The summed E-state index contributed by atoms with van der Waals surface area (Å²) in [4.78, 5) is 28.7. The highest BCUT2D eigenvalue weighted by Gasteiger charge is 2.27. The Kier molecular flexibility index (Phi) is 6.19. The Balaban J connectivity index is 1.38. The van der Waals surface area contributed by atoms with Gasteiger partial charge in [0, 0.05) is 77.0 Å². The summed E-state index contributed by atoms with van der Waals surface area (Å²) in [5.41, 5.74) is 4.88. The van der Waals surface area contributed by atoms with Crippen molar-refractivity contribution in [2.24, 2.45) is 7.05 Å². The van der Waals surface area contributed by atoms with E-state index in [1.165, 1.54) is 5.56 Å². The van der Waals surface area contributed by atoms with Crippen molar-refractivity contribution in [1.29, 1.82) is 0 Å². The SMILES string of the molecule is COc1ccccc1CN1CCN(c2nc3c(nc2-c2cnn(C)c2)CN(C(C)=O)CC3)CC1. The van der Waals surface area contributed by atoms with Crippen LogP contribution in [0.15, 0.2) is 36.7 Å². The zero-order valence-corrected chi connectivity index (χ0v) is 20.1. The van der Waals surface area contributed by atoms with Crippen LogP contribution in [0.2, 0.25) is 0 Å². The number of ether oxygens (including phenoxy) is 1. The van der Waals surface area contributed by atoms with Crippen molar-refractivity contribution in [3.63, 3.8) is 0 Å². The molecule has 34 heavy (non-hydrogen) atoms. The fraction of sp³-hybridized carbons (Fsp3) is 0.440. The molecule has 0 aliphatic carbocycles. The van der Waals surface area contributed by atoms with E-state index >= 15 is 0 Å². The molecular formula is C25H31N7O2. The number of amides is 1. The third-order valence-electron chi connectivity index (χ3n) is 6.67. The topological polar surface area (TPSA) is 79.6 Å². The Morgan fingerprint density at radius 1 is 1.06 bits per heavy atom. The molecule has 0 spiro atoms. The average molecular weight is 462 g/mol. The predicted molar refractivity (Wildman–Crippen MR) is 130 cm³/mol. The van der Waals surface area contributed by atoms with Gasteiger partial charge in [0.25, 0.3) is 0 Å². The number of rotatable bonds is 5. The fourth-order valence-electron chi connectivity index (χ4n) is 4.74. The van der Waals surface area contributed by atoms with Crippen LogP contribution in [0, 0.1) is 0 Å². The molecule has 0 bridgehead atoms. The number of hydrogen-bond acceptors (Lipinski definition) is 7. The van der Waals surface area contributed by atoms with E-state index in [1.807, 2.05) is 36.5 Å². The second-order valence-corrected chi connectivity index (χ2v) is 8.96. The third kappa shape index (κ3) is 4.48. The van der Waals surface area contributed by atoms with Gasteiger partial charge < -0.3 is 14.5 Å². The van der Waals surface area contributed by atoms with Crippen molar-refractivity contribution in [3.05, 3.63) is 53.6 Å². The van der Waals surface area contributed by atoms with Gasteiger partial charge in [0.2, 0.25) is 5.91 Å². The number of hydrogen-bond donors (Lipinski definition) is 0. The fourth-order valence-corrected chi connectivity index (χ4v) is 4.74. The number of anilines is 1. The van der Waals surface area contributed by atoms with E-state index in [0.717, 1.165) is 73.4 Å². The Morgan fingerprint density at radius 3 is 2.56 bits per heavy atom. The lowest BCUT2D eigenvalue weighted by Crippen LogP contribution is -2.46. The molecule has 1 amide bonds. The Labute approximate surface area is 200 Å². The highest BCUT2D eigenvalue weighted by atomic mass is 16.5. The lowest BCUT2D eigenvalue weighted by Gasteiger charge is -2.37. The highest BCUT2D eigenvalue weighted by molar-refractivity contribution is 5.74. The Hall–Kier alpha value is -3.46. The van der Waals surface area contributed by atoms with Crippen molar-refractivity contribution in [2.75, 3.05) is 44.7 Å². The standard InChI is InChI=1S/C25H31N7O2/c1-18(33)32-9-8-21-22(17-32)27-24(20-14-26-29(2)15-20)25(28-21)31-12-10-30(11-13-31)16-19-6-4-5-7-23(19)34-3/h4-7,14-15H,8-13,16-17H2,1-3H3.